The highest BCUT2D eigenvalue weighted by atomic mass is 32.1. The number of nitrogens with one attached hydrogen (secondary N) is 1. The lowest BCUT2D eigenvalue weighted by Gasteiger charge is -2.27. The highest BCUT2D eigenvalue weighted by molar-refractivity contribution is 7.81. The fourth-order valence-electron chi connectivity index (χ4n) is 2.86. The largest absolute Gasteiger partial charge is 0.356 e. The monoisotopic (exact) mass is 271 g/mol. The van der Waals surface area contributed by atoms with Gasteiger partial charge >= 0.3 is 0 Å². The number of hydrogen-bond donors (Lipinski definition) is 2. The Hall–Kier alpha value is -0.180. The van der Waals surface area contributed by atoms with E-state index >= 15 is 0 Å². The van der Waals surface area contributed by atoms with Crippen LogP contribution in [0.25, 0.3) is 0 Å². The summed E-state index contributed by atoms with van der Waals surface area (Å²) in [6, 6.07) is 0. The normalized spacial score (nSPS) is 26.2. The molecule has 0 aromatic heterocycles. The maximum Gasteiger partial charge on any atom is 0.226 e. The molecule has 0 aromatic rings. The Labute approximate surface area is 118 Å². The third-order valence-corrected chi connectivity index (χ3v) is 4.25. The van der Waals surface area contributed by atoms with Crippen molar-refractivity contribution in [3.8, 4) is 0 Å². The van der Waals surface area contributed by atoms with Crippen LogP contribution >= 0.6 is 12.6 Å². The van der Waals surface area contributed by atoms with Crippen molar-refractivity contribution in [3.05, 3.63) is 0 Å². The molecule has 1 aliphatic rings. The van der Waals surface area contributed by atoms with Crippen LogP contribution in [0.2, 0.25) is 0 Å². The summed E-state index contributed by atoms with van der Waals surface area (Å²) in [5.41, 5.74) is -0.0792. The number of carbonyl (C=O) groups is 1. The quantitative estimate of drug-likeness (QED) is 0.709. The summed E-state index contributed by atoms with van der Waals surface area (Å²) in [5.74, 6) is 0.866. The van der Waals surface area contributed by atoms with E-state index in [0.717, 1.165) is 25.8 Å². The fraction of sp³-hybridized carbons (Fsp3) is 0.933. The lowest BCUT2D eigenvalue weighted by atomic mass is 9.85. The standard InChI is InChI=1S/C15H29NOS/c1-11(2)7-8-16-12(17)15(9-13(15,3)4)10-14(5,6)18/h11,18H,7-10H2,1-6H3,(H,16,17). The van der Waals surface area contributed by atoms with E-state index < -0.39 is 0 Å². The maximum absolute atomic E-state index is 12.5. The minimum Gasteiger partial charge on any atom is -0.356 e. The van der Waals surface area contributed by atoms with Crippen molar-refractivity contribution in [1.82, 2.24) is 5.32 Å². The van der Waals surface area contributed by atoms with Gasteiger partial charge in [-0.3, -0.25) is 4.79 Å². The third-order valence-electron chi connectivity index (χ3n) is 4.09. The minimum atomic E-state index is -0.199. The van der Waals surface area contributed by atoms with Gasteiger partial charge < -0.3 is 5.32 Å². The molecule has 1 fully saturated rings. The Balaban J connectivity index is 2.62. The van der Waals surface area contributed by atoms with Crippen LogP contribution in [-0.4, -0.2) is 17.2 Å². The predicted octanol–water partition coefficient (Wildman–Crippen LogP) is 3.66. The van der Waals surface area contributed by atoms with Crippen molar-refractivity contribution in [3.63, 3.8) is 0 Å². The van der Waals surface area contributed by atoms with Gasteiger partial charge in [0.15, 0.2) is 0 Å². The molecule has 1 aliphatic carbocycles. The fourth-order valence-corrected chi connectivity index (χ4v) is 3.13. The molecule has 1 N–H and O–H groups in total. The highest BCUT2D eigenvalue weighted by Gasteiger charge is 2.66. The molecule has 1 unspecified atom stereocenters. The maximum atomic E-state index is 12.5. The molecule has 0 heterocycles. The number of amides is 1. The van der Waals surface area contributed by atoms with E-state index in [2.05, 4.69) is 59.5 Å². The van der Waals surface area contributed by atoms with Gasteiger partial charge in [-0.15, -0.1) is 0 Å². The summed E-state index contributed by atoms with van der Waals surface area (Å²) in [5, 5.41) is 3.12. The van der Waals surface area contributed by atoms with Gasteiger partial charge in [0, 0.05) is 11.3 Å². The van der Waals surface area contributed by atoms with Crippen molar-refractivity contribution in [2.24, 2.45) is 16.7 Å². The zero-order chi connectivity index (χ0) is 14.2. The van der Waals surface area contributed by atoms with Crippen molar-refractivity contribution in [2.45, 2.75) is 65.6 Å². The lowest BCUT2D eigenvalue weighted by Crippen LogP contribution is -2.38. The van der Waals surface area contributed by atoms with Gasteiger partial charge in [-0.05, 0) is 30.6 Å². The zero-order valence-corrected chi connectivity index (χ0v) is 13.7. The zero-order valence-electron chi connectivity index (χ0n) is 12.8. The van der Waals surface area contributed by atoms with E-state index in [0.29, 0.717) is 5.92 Å². The topological polar surface area (TPSA) is 29.1 Å². The molecular weight excluding hydrogens is 242 g/mol. The summed E-state index contributed by atoms with van der Waals surface area (Å²) >= 11 is 4.60. The van der Waals surface area contributed by atoms with Crippen molar-refractivity contribution in [1.29, 1.82) is 0 Å². The van der Waals surface area contributed by atoms with Gasteiger partial charge in [0.25, 0.3) is 0 Å². The van der Waals surface area contributed by atoms with Crippen LogP contribution in [0.1, 0.15) is 60.8 Å². The van der Waals surface area contributed by atoms with Gasteiger partial charge in [0.05, 0.1) is 5.41 Å². The van der Waals surface area contributed by atoms with Gasteiger partial charge in [-0.2, -0.15) is 12.6 Å². The Morgan fingerprint density at radius 2 is 1.89 bits per heavy atom. The van der Waals surface area contributed by atoms with Crippen molar-refractivity contribution < 1.29 is 4.79 Å². The number of rotatable bonds is 6. The van der Waals surface area contributed by atoms with Crippen LogP contribution in [0.3, 0.4) is 0 Å². The van der Waals surface area contributed by atoms with E-state index in [-0.39, 0.29) is 21.5 Å². The second kappa shape index (κ2) is 5.07. The second-order valence-corrected chi connectivity index (χ2v) is 8.78. The SMILES string of the molecule is CC(C)CCNC(=O)C1(CC(C)(C)S)CC1(C)C. The molecule has 3 heteroatoms. The van der Waals surface area contributed by atoms with E-state index in [1.807, 2.05) is 0 Å². The van der Waals surface area contributed by atoms with Crippen LogP contribution in [0.5, 0.6) is 0 Å². The smallest absolute Gasteiger partial charge is 0.226 e. The third kappa shape index (κ3) is 3.66. The first-order valence-electron chi connectivity index (χ1n) is 7.01. The summed E-state index contributed by atoms with van der Waals surface area (Å²) < 4.78 is -0.0941. The van der Waals surface area contributed by atoms with Gasteiger partial charge in [0.1, 0.15) is 0 Å². The molecule has 0 radical (unpaired) electrons. The van der Waals surface area contributed by atoms with Gasteiger partial charge in [-0.25, -0.2) is 0 Å². The van der Waals surface area contributed by atoms with Crippen LogP contribution < -0.4 is 5.32 Å². The molecule has 0 aromatic carbocycles. The summed E-state index contributed by atoms with van der Waals surface area (Å²) in [7, 11) is 0. The molecule has 18 heavy (non-hydrogen) atoms. The molecule has 0 aliphatic heterocycles. The molecule has 1 amide bonds. The summed E-state index contributed by atoms with van der Waals surface area (Å²) in [6.45, 7) is 13.7. The van der Waals surface area contributed by atoms with Crippen LogP contribution in [-0.2, 0) is 4.79 Å². The first-order chi connectivity index (χ1) is 8.00. The highest BCUT2D eigenvalue weighted by Crippen LogP contribution is 2.67. The molecular formula is C15H29NOS. The van der Waals surface area contributed by atoms with Crippen LogP contribution in [0.4, 0.5) is 0 Å². The Morgan fingerprint density at radius 3 is 2.22 bits per heavy atom. The minimum absolute atomic E-state index is 0.0941. The number of carbonyl (C=O) groups excluding carboxylic acids is 1. The van der Waals surface area contributed by atoms with E-state index in [4.69, 9.17) is 0 Å². The number of thiol groups is 1. The van der Waals surface area contributed by atoms with Gasteiger partial charge in [0.2, 0.25) is 5.91 Å². The average Bonchev–Trinajstić information content (AvgIpc) is 2.65. The Kier molecular flexibility index (Phi) is 4.47. The van der Waals surface area contributed by atoms with E-state index in [1.54, 1.807) is 0 Å². The van der Waals surface area contributed by atoms with Crippen molar-refractivity contribution in [2.75, 3.05) is 6.54 Å². The molecule has 2 nitrogen and oxygen atoms in total. The Bertz CT molecular complexity index is 317. The summed E-state index contributed by atoms with van der Waals surface area (Å²) in [6.07, 6.45) is 2.88. The predicted molar refractivity (Wildman–Crippen MR) is 81.0 cm³/mol. The second-order valence-electron chi connectivity index (χ2n) is 7.57. The molecule has 1 atom stereocenters. The molecule has 106 valence electrons. The Morgan fingerprint density at radius 1 is 1.39 bits per heavy atom. The van der Waals surface area contributed by atoms with Crippen LogP contribution in [0, 0.1) is 16.7 Å². The molecule has 0 spiro atoms. The molecule has 1 saturated carbocycles. The van der Waals surface area contributed by atoms with E-state index in [9.17, 15) is 4.79 Å². The van der Waals surface area contributed by atoms with Gasteiger partial charge in [-0.1, -0.05) is 41.5 Å². The molecule has 1 rings (SSSR count). The average molecular weight is 271 g/mol. The summed E-state index contributed by atoms with van der Waals surface area (Å²) in [4.78, 5) is 12.5. The molecule has 0 bridgehead atoms. The van der Waals surface area contributed by atoms with Crippen LogP contribution in [0.15, 0.2) is 0 Å². The van der Waals surface area contributed by atoms with Crippen molar-refractivity contribution >= 4 is 18.5 Å². The molecule has 0 saturated heterocycles. The number of hydrogen-bond acceptors (Lipinski definition) is 2. The first kappa shape index (κ1) is 15.9. The van der Waals surface area contributed by atoms with E-state index in [1.165, 1.54) is 0 Å². The lowest BCUT2D eigenvalue weighted by molar-refractivity contribution is -0.128. The first-order valence-corrected chi connectivity index (χ1v) is 7.46.